The van der Waals surface area contributed by atoms with Crippen LogP contribution in [0, 0.1) is 59.2 Å². The van der Waals surface area contributed by atoms with Gasteiger partial charge in [-0.25, -0.2) is 0 Å². The zero-order valence-corrected chi connectivity index (χ0v) is 40.2. The summed E-state index contributed by atoms with van der Waals surface area (Å²) in [5, 5.41) is 1.24. The fourth-order valence-corrected chi connectivity index (χ4v) is 30.2. The average molecular weight is 859 g/mol. The number of nitrogens with two attached hydrogens (primary N) is 2. The molecule has 4 aliphatic heterocycles. The van der Waals surface area contributed by atoms with E-state index in [1.54, 1.807) is 0 Å². The first-order valence-electron chi connectivity index (χ1n) is 24.4. The van der Waals surface area contributed by atoms with Gasteiger partial charge in [-0.2, -0.15) is 23.5 Å². The number of carbonyl (C=O) groups excluding carboxylic acids is 2. The van der Waals surface area contributed by atoms with Gasteiger partial charge in [-0.05, 0) is 177 Å². The van der Waals surface area contributed by atoms with E-state index in [1.165, 1.54) is 116 Å². The molecule has 0 spiro atoms. The summed E-state index contributed by atoms with van der Waals surface area (Å²) in [6.45, 7) is 15.7. The maximum atomic E-state index is 14.3. The van der Waals surface area contributed by atoms with Crippen molar-refractivity contribution in [2.45, 2.75) is 175 Å². The van der Waals surface area contributed by atoms with E-state index in [9.17, 15) is 9.59 Å². The number of rotatable bonds is 10. The van der Waals surface area contributed by atoms with Gasteiger partial charge >= 0.3 is 0 Å². The fourth-order valence-electron chi connectivity index (χ4n) is 14.4. The van der Waals surface area contributed by atoms with Gasteiger partial charge in [-0.15, -0.1) is 0 Å². The number of likely N-dealkylation sites (tertiary alicyclic amines) is 2. The third kappa shape index (κ3) is 9.64. The number of hydrogen-bond acceptors (Lipinski definition) is 7. The minimum absolute atomic E-state index is 0.216. The first kappa shape index (κ1) is 43.6. The zero-order chi connectivity index (χ0) is 39.9. The third-order valence-corrected chi connectivity index (χ3v) is 32.6. The lowest BCUT2D eigenvalue weighted by Crippen LogP contribution is -2.55. The number of piperidine rings is 2. The van der Waals surface area contributed by atoms with E-state index in [1.807, 2.05) is 0 Å². The van der Waals surface area contributed by atoms with Crippen LogP contribution in [0.1, 0.15) is 128 Å². The molecule has 0 bridgehead atoms. The number of nitrogens with zero attached hydrogens (tertiary/aromatic N) is 2. The number of carbonyl (C=O) groups is 2. The number of thioether (sulfide) groups is 2. The van der Waals surface area contributed by atoms with Crippen molar-refractivity contribution < 1.29 is 13.7 Å². The summed E-state index contributed by atoms with van der Waals surface area (Å²) in [5.41, 5.74) is 12.2. The maximum absolute atomic E-state index is 14.3. The lowest BCUT2D eigenvalue weighted by Gasteiger charge is -2.42. The molecule has 8 fully saturated rings. The molecule has 8 aliphatic rings. The van der Waals surface area contributed by atoms with Gasteiger partial charge in [-0.1, -0.05) is 38.5 Å². The van der Waals surface area contributed by atoms with Crippen molar-refractivity contribution in [2.24, 2.45) is 70.6 Å². The van der Waals surface area contributed by atoms with Crippen molar-refractivity contribution in [1.29, 1.82) is 0 Å². The van der Waals surface area contributed by atoms with Crippen molar-refractivity contribution in [3.63, 3.8) is 0 Å². The van der Waals surface area contributed by atoms with Crippen molar-refractivity contribution in [1.82, 2.24) is 9.80 Å². The predicted octanol–water partition coefficient (Wildman–Crippen LogP) is 9.08. The first-order chi connectivity index (χ1) is 27.4. The second-order valence-corrected chi connectivity index (χ2v) is 34.2. The second kappa shape index (κ2) is 18.7. The van der Waals surface area contributed by atoms with E-state index in [-0.39, 0.29) is 11.8 Å². The molecular weight excluding hydrogens is 777 g/mol. The summed E-state index contributed by atoms with van der Waals surface area (Å²) >= 11 is 4.48. The molecule has 57 heavy (non-hydrogen) atoms. The van der Waals surface area contributed by atoms with Gasteiger partial charge in [0.05, 0.1) is 0 Å². The van der Waals surface area contributed by atoms with Crippen LogP contribution in [0.15, 0.2) is 0 Å². The average Bonchev–Trinajstić information content (AvgIpc) is 3.90. The monoisotopic (exact) mass is 859 g/mol. The van der Waals surface area contributed by atoms with E-state index < -0.39 is 16.6 Å². The number of fused-ring (bicyclic) bond motifs is 2. The van der Waals surface area contributed by atoms with Crippen LogP contribution in [0.3, 0.4) is 0 Å². The minimum atomic E-state index is -2.05. The highest BCUT2D eigenvalue weighted by Gasteiger charge is 2.55. The lowest BCUT2D eigenvalue weighted by atomic mass is 9.71. The van der Waals surface area contributed by atoms with Crippen molar-refractivity contribution in [3.05, 3.63) is 0 Å². The van der Waals surface area contributed by atoms with E-state index in [0.29, 0.717) is 43.9 Å². The van der Waals surface area contributed by atoms with Crippen LogP contribution in [0.4, 0.5) is 0 Å². The van der Waals surface area contributed by atoms with Gasteiger partial charge in [0.25, 0.3) is 0 Å². The van der Waals surface area contributed by atoms with Gasteiger partial charge in [0.1, 0.15) is 0 Å². The lowest BCUT2D eigenvalue weighted by molar-refractivity contribution is -0.141. The van der Waals surface area contributed by atoms with Gasteiger partial charge in [0, 0.05) is 58.3 Å². The van der Waals surface area contributed by atoms with Crippen LogP contribution >= 0.6 is 23.5 Å². The molecule has 4 saturated heterocycles. The second-order valence-electron chi connectivity index (χ2n) is 21.9. The Hall–Kier alpha value is -0.0462. The highest BCUT2D eigenvalue weighted by molar-refractivity contribution is 8.03. The normalized spacial score (nSPS) is 40.2. The molecule has 4 aliphatic carbocycles. The van der Waals surface area contributed by atoms with Crippen LogP contribution in [0.5, 0.6) is 0 Å². The van der Waals surface area contributed by atoms with E-state index in [0.717, 1.165) is 87.6 Å². The Balaban J connectivity index is 0.833. The number of amides is 2. The summed E-state index contributed by atoms with van der Waals surface area (Å²) in [7, 11) is -4.10. The summed E-state index contributed by atoms with van der Waals surface area (Å²) in [6, 6.07) is 0. The molecule has 12 unspecified atom stereocenters. The Morgan fingerprint density at radius 3 is 1.30 bits per heavy atom. The van der Waals surface area contributed by atoms with Crippen molar-refractivity contribution in [2.75, 3.05) is 39.3 Å². The predicted molar refractivity (Wildman–Crippen MR) is 245 cm³/mol. The van der Waals surface area contributed by atoms with E-state index in [2.05, 4.69) is 59.5 Å². The van der Waals surface area contributed by atoms with Crippen LogP contribution in [-0.2, 0) is 13.7 Å². The van der Waals surface area contributed by atoms with Gasteiger partial charge < -0.3 is 25.4 Å². The highest BCUT2D eigenvalue weighted by atomic mass is 32.2. The van der Waals surface area contributed by atoms with E-state index in [4.69, 9.17) is 15.6 Å². The number of hydrogen-bond donors (Lipinski definition) is 2. The molecule has 8 rings (SSSR count). The molecule has 2 amide bonds. The molecule has 11 heteroatoms. The Bertz CT molecular complexity index is 1270. The Labute approximate surface area is 358 Å². The zero-order valence-electron chi connectivity index (χ0n) is 36.6. The largest absolute Gasteiger partial charge is 0.454 e. The molecule has 12 atom stereocenters. The maximum Gasteiger partial charge on any atom is 0.226 e. The Morgan fingerprint density at radius 2 is 0.912 bits per heavy atom. The van der Waals surface area contributed by atoms with Crippen LogP contribution in [-0.4, -0.2) is 97.8 Å². The molecule has 0 aromatic heterocycles. The molecular formula is C46H82N4O3S2Si2. The third-order valence-electron chi connectivity index (χ3n) is 17.7. The molecule has 0 aromatic rings. The smallest absolute Gasteiger partial charge is 0.226 e. The molecule has 0 radical (unpaired) electrons. The van der Waals surface area contributed by atoms with Crippen LogP contribution < -0.4 is 11.5 Å². The van der Waals surface area contributed by atoms with Crippen molar-refractivity contribution >= 4 is 52.0 Å². The summed E-state index contributed by atoms with van der Waals surface area (Å²) < 4.78 is 7.63. The Morgan fingerprint density at radius 1 is 0.526 bits per heavy atom. The molecule has 4 saturated carbocycles. The van der Waals surface area contributed by atoms with Gasteiger partial charge in [-0.3, -0.25) is 9.59 Å². The summed E-state index contributed by atoms with van der Waals surface area (Å²) in [5.74, 6) is 7.14. The molecule has 0 aromatic carbocycles. The van der Waals surface area contributed by atoms with Gasteiger partial charge in [0.2, 0.25) is 11.8 Å². The molecule has 7 nitrogen and oxygen atoms in total. The topological polar surface area (TPSA) is 102 Å². The molecule has 4 heterocycles. The minimum Gasteiger partial charge on any atom is -0.454 e. The van der Waals surface area contributed by atoms with Crippen LogP contribution in [0.25, 0.3) is 0 Å². The van der Waals surface area contributed by atoms with Gasteiger partial charge in [0.15, 0.2) is 16.6 Å². The SMILES string of the molecule is C[Si](C)(O[Si](C)(C)C1CC2C(CCCC2C(=O)N2CCC(C3CCCC(CN)C3)CC2)S1)C1CC2C(CCCC2C(=O)N2CCC(C3CCCC(CN)C3)CC2)S1. The van der Waals surface area contributed by atoms with E-state index >= 15 is 0 Å². The quantitative estimate of drug-likeness (QED) is 0.212. The highest BCUT2D eigenvalue weighted by Crippen LogP contribution is 2.55. The van der Waals surface area contributed by atoms with Crippen molar-refractivity contribution in [3.8, 4) is 0 Å². The van der Waals surface area contributed by atoms with Crippen LogP contribution in [0.2, 0.25) is 26.2 Å². The first-order valence-corrected chi connectivity index (χ1v) is 32.3. The summed E-state index contributed by atoms with van der Waals surface area (Å²) in [4.78, 5) is 34.3. The molecule has 4 N–H and O–H groups in total. The standard InChI is InChI=1S/C46H82N4O3S2Si2/c1-56(2,43-27-39-37(13-7-15-41(39)54-43)45(51)49-21-17-33(18-22-49)35-11-5-9-31(25-35)29-47)53-57(3,4)44-28-40-38(14-8-16-42(40)55-44)46(52)50-23-19-34(20-24-50)36-12-6-10-32(26-36)30-48/h31-44H,5-30,47-48H2,1-4H3. The molecule has 324 valence electrons. The Kier molecular flexibility index (Phi) is 14.3. The summed E-state index contributed by atoms with van der Waals surface area (Å²) in [6.07, 6.45) is 25.0. The fraction of sp³-hybridized carbons (Fsp3) is 0.957.